The largest absolute Gasteiger partial charge is 0.497 e. The zero-order valence-corrected chi connectivity index (χ0v) is 26.4. The minimum atomic E-state index is -2.74. The lowest BCUT2D eigenvalue weighted by Gasteiger charge is -2.49. The van der Waals surface area contributed by atoms with Crippen LogP contribution in [0.5, 0.6) is 5.75 Å². The van der Waals surface area contributed by atoms with Crippen LogP contribution in [0.4, 0.5) is 0 Å². The fraction of sp³-hybridized carbons (Fsp3) is 0.581. The molecule has 1 aliphatic heterocycles. The van der Waals surface area contributed by atoms with Gasteiger partial charge in [0.15, 0.2) is 5.60 Å². The van der Waals surface area contributed by atoms with E-state index >= 15 is 0 Å². The minimum Gasteiger partial charge on any atom is -0.497 e. The van der Waals surface area contributed by atoms with Gasteiger partial charge in [0.25, 0.3) is 0 Å². The third kappa shape index (κ3) is 12.2. The summed E-state index contributed by atoms with van der Waals surface area (Å²) in [4.78, 5) is 42.2. The average molecular weight is 619 g/mol. The molecule has 5 N–H and O–H groups in total. The van der Waals surface area contributed by atoms with Crippen molar-refractivity contribution in [3.05, 3.63) is 53.6 Å². The highest BCUT2D eigenvalue weighted by atomic mass is 16.5. The predicted octanol–water partition coefficient (Wildman–Crippen LogP) is 2.74. The van der Waals surface area contributed by atoms with E-state index in [1.165, 1.54) is 5.56 Å². The van der Waals surface area contributed by atoms with Gasteiger partial charge >= 0.3 is 17.9 Å². The molecule has 2 heterocycles. The first-order valence-electron chi connectivity index (χ1n) is 14.3. The van der Waals surface area contributed by atoms with Gasteiger partial charge in [0.05, 0.1) is 26.6 Å². The molecule has 0 bridgehead atoms. The summed E-state index contributed by atoms with van der Waals surface area (Å²) in [6.07, 6.45) is 4.58. The van der Waals surface area contributed by atoms with Gasteiger partial charge in [-0.3, -0.25) is 14.5 Å². The van der Waals surface area contributed by atoms with Crippen LogP contribution in [0.1, 0.15) is 70.3 Å². The van der Waals surface area contributed by atoms with Crippen LogP contribution < -0.4 is 10.1 Å². The van der Waals surface area contributed by atoms with Crippen molar-refractivity contribution < 1.29 is 44.3 Å². The normalized spacial score (nSPS) is 16.1. The first-order valence-corrected chi connectivity index (χ1v) is 14.3. The molecule has 0 atom stereocenters. The Labute approximate surface area is 258 Å². The summed E-state index contributed by atoms with van der Waals surface area (Å²) < 4.78 is 10.5. The van der Waals surface area contributed by atoms with Crippen molar-refractivity contribution in [1.82, 2.24) is 20.2 Å². The molecular formula is C31H46N4O9. The lowest BCUT2D eigenvalue weighted by Crippen LogP contribution is -2.62. The van der Waals surface area contributed by atoms with Crippen molar-refractivity contribution in [2.45, 2.75) is 95.6 Å². The number of nitrogens with zero attached hydrogens (tertiary/aromatic N) is 3. The molecule has 1 fully saturated rings. The first-order chi connectivity index (χ1) is 20.5. The smallest absolute Gasteiger partial charge is 0.336 e. The number of piperidine rings is 1. The van der Waals surface area contributed by atoms with E-state index in [0.717, 1.165) is 49.5 Å². The number of carboxylic acids is 3. The maximum atomic E-state index is 10.3. The number of benzene rings is 1. The molecule has 1 aliphatic rings. The molecule has 1 aromatic heterocycles. The highest BCUT2D eigenvalue weighted by molar-refractivity contribution is 5.88. The number of methoxy groups -OCH3 is 2. The van der Waals surface area contributed by atoms with Crippen LogP contribution in [0.3, 0.4) is 0 Å². The molecule has 0 saturated carbocycles. The summed E-state index contributed by atoms with van der Waals surface area (Å²) in [5.41, 5.74) is -0.134. The molecule has 2 aromatic rings. The topological polar surface area (TPSA) is 192 Å². The fourth-order valence-electron chi connectivity index (χ4n) is 5.54. The van der Waals surface area contributed by atoms with E-state index in [1.54, 1.807) is 14.2 Å². The van der Waals surface area contributed by atoms with E-state index in [9.17, 15) is 14.4 Å². The maximum Gasteiger partial charge on any atom is 0.336 e. The molecule has 0 amide bonds. The van der Waals surface area contributed by atoms with Crippen molar-refractivity contribution in [2.75, 3.05) is 20.8 Å². The summed E-state index contributed by atoms with van der Waals surface area (Å²) in [7, 11) is 3.41. The number of hydrogen-bond acceptors (Lipinski definition) is 10. The number of hydrogen-bond donors (Lipinski definition) is 5. The number of aliphatic hydroxyl groups is 1. The van der Waals surface area contributed by atoms with E-state index in [4.69, 9.17) is 29.9 Å². The van der Waals surface area contributed by atoms with Crippen LogP contribution in [0.2, 0.25) is 0 Å². The predicted molar refractivity (Wildman–Crippen MR) is 161 cm³/mol. The number of aliphatic carboxylic acids is 3. The summed E-state index contributed by atoms with van der Waals surface area (Å²) >= 11 is 0. The summed E-state index contributed by atoms with van der Waals surface area (Å²) in [6.45, 7) is 11.6. The number of rotatable bonds is 14. The van der Waals surface area contributed by atoms with E-state index in [-0.39, 0.29) is 11.1 Å². The number of ether oxygens (including phenoxy) is 2. The highest BCUT2D eigenvalue weighted by Crippen LogP contribution is 2.33. The van der Waals surface area contributed by atoms with Crippen molar-refractivity contribution in [3.8, 4) is 5.75 Å². The van der Waals surface area contributed by atoms with Gasteiger partial charge in [-0.2, -0.15) is 0 Å². The number of carbonyl (C=O) groups is 3. The molecule has 0 aliphatic carbocycles. The van der Waals surface area contributed by atoms with Crippen LogP contribution in [0.15, 0.2) is 36.7 Å². The van der Waals surface area contributed by atoms with Crippen molar-refractivity contribution >= 4 is 17.9 Å². The fourth-order valence-corrected chi connectivity index (χ4v) is 5.54. The highest BCUT2D eigenvalue weighted by Gasteiger charge is 2.41. The second kappa shape index (κ2) is 15.9. The quantitative estimate of drug-likeness (QED) is 0.208. The molecule has 44 heavy (non-hydrogen) atoms. The molecule has 13 nitrogen and oxygen atoms in total. The van der Waals surface area contributed by atoms with Gasteiger partial charge in [0.2, 0.25) is 0 Å². The minimum absolute atomic E-state index is 0.0884. The van der Waals surface area contributed by atoms with E-state index in [2.05, 4.69) is 60.0 Å². The van der Waals surface area contributed by atoms with Crippen LogP contribution >= 0.6 is 0 Å². The third-order valence-electron chi connectivity index (χ3n) is 7.19. The Kier molecular flexibility index (Phi) is 13.2. The second-order valence-electron chi connectivity index (χ2n) is 12.4. The molecule has 0 spiro atoms. The molecule has 0 unspecified atom stereocenters. The lowest BCUT2D eigenvalue weighted by molar-refractivity contribution is -0.170. The summed E-state index contributed by atoms with van der Waals surface area (Å²) in [6, 6.07) is 8.86. The molecule has 244 valence electrons. The van der Waals surface area contributed by atoms with Gasteiger partial charge in [0.1, 0.15) is 11.6 Å². The molecule has 1 saturated heterocycles. The Morgan fingerprint density at radius 2 is 1.41 bits per heavy atom. The van der Waals surface area contributed by atoms with Crippen LogP contribution in [-0.2, 0) is 38.6 Å². The third-order valence-corrected chi connectivity index (χ3v) is 7.19. The maximum absolute atomic E-state index is 10.3. The molecule has 13 heteroatoms. The molecule has 1 aromatic carbocycles. The van der Waals surface area contributed by atoms with Gasteiger partial charge in [-0.15, -0.1) is 0 Å². The van der Waals surface area contributed by atoms with E-state index < -0.39 is 36.4 Å². The number of aromatic nitrogens is 2. The molecule has 3 rings (SSSR count). The first kappa shape index (κ1) is 36.5. The van der Waals surface area contributed by atoms with Crippen molar-refractivity contribution in [2.24, 2.45) is 0 Å². The zero-order chi connectivity index (χ0) is 33.1. The van der Waals surface area contributed by atoms with E-state index in [0.29, 0.717) is 12.6 Å². The van der Waals surface area contributed by atoms with Gasteiger partial charge in [-0.05, 0) is 58.2 Å². The molecule has 0 radical (unpaired) electrons. The lowest BCUT2D eigenvalue weighted by atomic mass is 9.79. The van der Waals surface area contributed by atoms with Crippen LogP contribution in [0.25, 0.3) is 0 Å². The Hall–Kier alpha value is -3.65. The average Bonchev–Trinajstić information content (AvgIpc) is 2.90. The standard InChI is InChI=1S/C25H38N4O2.C6H8O7/c1-24(2)13-21(14-25(3,4)28-24)29(17-19-7-9-22(31-6)10-8-19)18-20-15-26-23(27-16-20)11-12-30-5;7-3(8)1-6(13,5(11)12)2-4(9)10/h7-10,15-16,21,28H,11-14,17-18H2,1-6H3;13H,1-2H2,(H,7,8)(H,9,10)(H,11,12). The van der Waals surface area contributed by atoms with Crippen LogP contribution in [0, 0.1) is 0 Å². The van der Waals surface area contributed by atoms with Gasteiger partial charge in [-0.1, -0.05) is 12.1 Å². The number of nitrogens with one attached hydrogen (secondary N) is 1. The Morgan fingerprint density at radius 3 is 1.84 bits per heavy atom. The monoisotopic (exact) mass is 618 g/mol. The Bertz CT molecular complexity index is 1200. The van der Waals surface area contributed by atoms with E-state index in [1.807, 2.05) is 24.5 Å². The van der Waals surface area contributed by atoms with Crippen molar-refractivity contribution in [3.63, 3.8) is 0 Å². The van der Waals surface area contributed by atoms with Gasteiger partial charge in [-0.25, -0.2) is 14.8 Å². The summed E-state index contributed by atoms with van der Waals surface area (Å²) in [5.74, 6) is -3.30. The number of carboxylic acid groups (broad SMARTS) is 3. The SMILES string of the molecule is COCCc1ncc(CN(Cc2ccc(OC)cc2)C2CC(C)(C)NC(C)(C)C2)cn1.O=C(O)CC(O)(CC(=O)O)C(=O)O. The van der Waals surface area contributed by atoms with Crippen LogP contribution in [-0.4, -0.2) is 96.7 Å². The van der Waals surface area contributed by atoms with Crippen molar-refractivity contribution in [1.29, 1.82) is 0 Å². The Morgan fingerprint density at radius 1 is 0.909 bits per heavy atom. The molecular weight excluding hydrogens is 572 g/mol. The van der Waals surface area contributed by atoms with Gasteiger partial charge in [0, 0.05) is 61.7 Å². The summed E-state index contributed by atoms with van der Waals surface area (Å²) in [5, 5.41) is 37.6. The van der Waals surface area contributed by atoms with Gasteiger partial charge < -0.3 is 35.2 Å². The zero-order valence-electron chi connectivity index (χ0n) is 26.4. The second-order valence-corrected chi connectivity index (χ2v) is 12.4. The Balaban J connectivity index is 0.000000439.